The molecule has 1 saturated heterocycles. The zero-order chi connectivity index (χ0) is 21.5. The van der Waals surface area contributed by atoms with Crippen LogP contribution in [0.15, 0.2) is 48.7 Å². The van der Waals surface area contributed by atoms with E-state index in [1.54, 1.807) is 23.6 Å². The number of aromatic nitrogens is 1. The summed E-state index contributed by atoms with van der Waals surface area (Å²) in [5.74, 6) is 1.46. The van der Waals surface area contributed by atoms with Crippen molar-refractivity contribution in [1.82, 2.24) is 9.29 Å². The number of nitrogens with zero attached hydrogens (tertiary/aromatic N) is 3. The Balaban J connectivity index is 1.58. The van der Waals surface area contributed by atoms with Gasteiger partial charge in [0.25, 0.3) is 0 Å². The summed E-state index contributed by atoms with van der Waals surface area (Å²) < 4.78 is 26.5. The Morgan fingerprint density at radius 2 is 1.97 bits per heavy atom. The van der Waals surface area contributed by atoms with Crippen molar-refractivity contribution in [2.75, 3.05) is 12.8 Å². The fraction of sp³-hybridized carbons (Fsp3) is 0.417. The van der Waals surface area contributed by atoms with E-state index in [-0.39, 0.29) is 23.6 Å². The topological polar surface area (TPSA) is 74.1 Å². The number of nitriles is 1. The van der Waals surface area contributed by atoms with Gasteiger partial charge in [-0.25, -0.2) is 12.7 Å². The monoisotopic (exact) mass is 421 g/mol. The van der Waals surface area contributed by atoms with Crippen LogP contribution in [0, 0.1) is 35.0 Å². The molecule has 5 nitrogen and oxygen atoms in total. The number of rotatable bonds is 3. The minimum atomic E-state index is -3.16. The predicted octanol–water partition coefficient (Wildman–Crippen LogP) is 4.19. The highest BCUT2D eigenvalue weighted by atomic mass is 32.2. The Hall–Kier alpha value is -2.49. The first-order chi connectivity index (χ1) is 14.3. The van der Waals surface area contributed by atoms with E-state index in [2.05, 4.69) is 31.0 Å². The van der Waals surface area contributed by atoms with Crippen LogP contribution in [0.25, 0.3) is 17.2 Å². The third kappa shape index (κ3) is 3.68. The van der Waals surface area contributed by atoms with Crippen molar-refractivity contribution in [2.45, 2.75) is 26.3 Å². The SMILES string of the molecule is C[C@H]1[C@H](/C=C/c2ccc(-c3ccccc3C#N)cn2)[C@@H]2CS(=O)(=O)N(C)[C@@H]2C[C@@H]1C. The van der Waals surface area contributed by atoms with E-state index in [4.69, 9.17) is 0 Å². The maximum Gasteiger partial charge on any atom is 0.214 e. The van der Waals surface area contributed by atoms with Crippen LogP contribution in [0.3, 0.4) is 0 Å². The smallest absolute Gasteiger partial charge is 0.214 e. The van der Waals surface area contributed by atoms with Gasteiger partial charge in [0.2, 0.25) is 10.0 Å². The van der Waals surface area contributed by atoms with Crippen LogP contribution in [0.5, 0.6) is 0 Å². The summed E-state index contributed by atoms with van der Waals surface area (Å²) in [4.78, 5) is 4.56. The van der Waals surface area contributed by atoms with Gasteiger partial charge in [-0.15, -0.1) is 0 Å². The van der Waals surface area contributed by atoms with Crippen molar-refractivity contribution >= 4 is 16.1 Å². The second-order valence-electron chi connectivity index (χ2n) is 8.66. The molecule has 2 aliphatic rings. The van der Waals surface area contributed by atoms with E-state index in [9.17, 15) is 13.7 Å². The van der Waals surface area contributed by atoms with E-state index in [1.165, 1.54) is 0 Å². The van der Waals surface area contributed by atoms with Crippen molar-refractivity contribution < 1.29 is 8.42 Å². The second kappa shape index (κ2) is 7.98. The van der Waals surface area contributed by atoms with Gasteiger partial charge in [-0.1, -0.05) is 44.2 Å². The number of allylic oxidation sites excluding steroid dienone is 1. The van der Waals surface area contributed by atoms with Crippen LogP contribution in [0.4, 0.5) is 0 Å². The molecule has 1 aromatic carbocycles. The van der Waals surface area contributed by atoms with E-state index >= 15 is 0 Å². The Bertz CT molecular complexity index is 1100. The minimum Gasteiger partial charge on any atom is -0.256 e. The molecule has 0 amide bonds. The summed E-state index contributed by atoms with van der Waals surface area (Å²) in [6.45, 7) is 4.45. The molecule has 1 aliphatic carbocycles. The standard InChI is InChI=1S/C24H27N3O2S/c1-16-12-24-23(15-30(28,29)27(24)3)21(17(16)2)11-10-20-9-8-19(14-26-20)22-7-5-4-6-18(22)13-25/h4-11,14,16-17,21,23-24H,12,15H2,1-3H3/b11-10+/t16-,17+,21-,23-,24+/m0/s1. The van der Waals surface area contributed by atoms with Gasteiger partial charge in [0.15, 0.2) is 0 Å². The summed E-state index contributed by atoms with van der Waals surface area (Å²) in [5.41, 5.74) is 3.25. The molecule has 0 bridgehead atoms. The van der Waals surface area contributed by atoms with Gasteiger partial charge in [0.1, 0.15) is 0 Å². The first-order valence-electron chi connectivity index (χ1n) is 10.4. The average Bonchev–Trinajstić information content (AvgIpc) is 2.97. The van der Waals surface area contributed by atoms with Gasteiger partial charge in [0, 0.05) is 30.4 Å². The highest BCUT2D eigenvalue weighted by Gasteiger charge is 2.50. The quantitative estimate of drug-likeness (QED) is 0.745. The second-order valence-corrected chi connectivity index (χ2v) is 10.7. The molecule has 0 N–H and O–H groups in total. The van der Waals surface area contributed by atoms with Gasteiger partial charge >= 0.3 is 0 Å². The maximum atomic E-state index is 12.5. The van der Waals surface area contributed by atoms with Gasteiger partial charge in [-0.2, -0.15) is 5.26 Å². The molecule has 2 heterocycles. The molecule has 1 aromatic heterocycles. The van der Waals surface area contributed by atoms with Gasteiger partial charge < -0.3 is 0 Å². The Labute approximate surface area is 179 Å². The summed E-state index contributed by atoms with van der Waals surface area (Å²) in [6, 6.07) is 13.7. The average molecular weight is 422 g/mol. The molecule has 2 aromatic rings. The maximum absolute atomic E-state index is 12.5. The van der Waals surface area contributed by atoms with Crippen molar-refractivity contribution in [1.29, 1.82) is 5.26 Å². The predicted molar refractivity (Wildman–Crippen MR) is 119 cm³/mol. The summed E-state index contributed by atoms with van der Waals surface area (Å²) >= 11 is 0. The normalized spacial score (nSPS) is 30.8. The van der Waals surface area contributed by atoms with E-state index in [0.717, 1.165) is 23.2 Å². The van der Waals surface area contributed by atoms with Crippen LogP contribution < -0.4 is 0 Å². The lowest BCUT2D eigenvalue weighted by molar-refractivity contribution is 0.104. The molecule has 0 spiro atoms. The fourth-order valence-corrected chi connectivity index (χ4v) is 6.85. The summed E-state index contributed by atoms with van der Waals surface area (Å²) in [7, 11) is -1.43. The van der Waals surface area contributed by atoms with Crippen LogP contribution >= 0.6 is 0 Å². The van der Waals surface area contributed by atoms with E-state index in [0.29, 0.717) is 17.4 Å². The molecule has 1 saturated carbocycles. The van der Waals surface area contributed by atoms with Crippen LogP contribution in [-0.4, -0.2) is 36.5 Å². The largest absolute Gasteiger partial charge is 0.256 e. The van der Waals surface area contributed by atoms with Gasteiger partial charge in [0.05, 0.1) is 23.1 Å². The Morgan fingerprint density at radius 3 is 2.67 bits per heavy atom. The summed E-state index contributed by atoms with van der Waals surface area (Å²) in [6.07, 6.45) is 6.90. The van der Waals surface area contributed by atoms with Gasteiger partial charge in [-0.05, 0) is 48.3 Å². The number of benzene rings is 1. The number of hydrogen-bond acceptors (Lipinski definition) is 4. The number of pyridine rings is 1. The molecule has 5 atom stereocenters. The molecule has 2 fully saturated rings. The molecule has 0 unspecified atom stereocenters. The van der Waals surface area contributed by atoms with Gasteiger partial charge in [-0.3, -0.25) is 4.98 Å². The highest BCUT2D eigenvalue weighted by Crippen LogP contribution is 2.46. The number of hydrogen-bond donors (Lipinski definition) is 0. The van der Waals surface area contributed by atoms with Crippen molar-refractivity contribution in [3.05, 3.63) is 59.9 Å². The molecule has 30 heavy (non-hydrogen) atoms. The van der Waals surface area contributed by atoms with Crippen LogP contribution in [0.1, 0.15) is 31.5 Å². The molecule has 156 valence electrons. The first kappa shape index (κ1) is 20.8. The molecule has 6 heteroatoms. The summed E-state index contributed by atoms with van der Waals surface area (Å²) in [5, 5.41) is 9.31. The number of sulfonamides is 1. The van der Waals surface area contributed by atoms with Crippen LogP contribution in [-0.2, 0) is 10.0 Å². The minimum absolute atomic E-state index is 0.0914. The van der Waals surface area contributed by atoms with E-state index in [1.807, 2.05) is 36.4 Å². The zero-order valence-corrected chi connectivity index (χ0v) is 18.4. The first-order valence-corrected chi connectivity index (χ1v) is 12.0. The number of fused-ring (bicyclic) bond motifs is 1. The molecular formula is C24H27N3O2S. The lowest BCUT2D eigenvalue weighted by Crippen LogP contribution is -2.43. The third-order valence-corrected chi connectivity index (χ3v) is 9.00. The fourth-order valence-electron chi connectivity index (χ4n) is 5.03. The lowest BCUT2D eigenvalue weighted by Gasteiger charge is -2.41. The Morgan fingerprint density at radius 1 is 1.20 bits per heavy atom. The highest BCUT2D eigenvalue weighted by molar-refractivity contribution is 7.89. The van der Waals surface area contributed by atoms with Crippen molar-refractivity contribution in [3.8, 4) is 17.2 Å². The van der Waals surface area contributed by atoms with Crippen LogP contribution in [0.2, 0.25) is 0 Å². The van der Waals surface area contributed by atoms with Crippen molar-refractivity contribution in [2.24, 2.45) is 23.7 Å². The van der Waals surface area contributed by atoms with E-state index < -0.39 is 10.0 Å². The molecule has 0 radical (unpaired) electrons. The Kier molecular flexibility index (Phi) is 5.52. The molecule has 4 rings (SSSR count). The third-order valence-electron chi connectivity index (χ3n) is 7.05. The van der Waals surface area contributed by atoms with Crippen molar-refractivity contribution in [3.63, 3.8) is 0 Å². The zero-order valence-electron chi connectivity index (χ0n) is 17.6. The molecule has 1 aliphatic heterocycles. The lowest BCUT2D eigenvalue weighted by atomic mass is 9.66. The molecular weight excluding hydrogens is 394 g/mol.